The largest absolute Gasteiger partial charge is 0.491 e. The van der Waals surface area contributed by atoms with Crippen molar-refractivity contribution >= 4 is 27.5 Å². The van der Waals surface area contributed by atoms with Gasteiger partial charge in [0.15, 0.2) is 0 Å². The number of nitrogens with one attached hydrogen (secondary N) is 2. The van der Waals surface area contributed by atoms with E-state index in [9.17, 15) is 4.79 Å². The van der Waals surface area contributed by atoms with E-state index in [2.05, 4.69) is 26.6 Å². The van der Waals surface area contributed by atoms with E-state index in [-0.39, 0.29) is 18.1 Å². The van der Waals surface area contributed by atoms with E-state index in [1.807, 2.05) is 32.0 Å². The van der Waals surface area contributed by atoms with Crippen molar-refractivity contribution in [3.8, 4) is 5.75 Å². The molecule has 1 atom stereocenters. The summed E-state index contributed by atoms with van der Waals surface area (Å²) in [5, 5.41) is 6.16. The molecule has 2 rings (SSSR count). The zero-order chi connectivity index (χ0) is 15.2. The summed E-state index contributed by atoms with van der Waals surface area (Å²) < 4.78 is 11.9. The van der Waals surface area contributed by atoms with Crippen molar-refractivity contribution in [2.75, 3.05) is 25.1 Å². The Labute approximate surface area is 133 Å². The Morgan fingerprint density at radius 3 is 3.00 bits per heavy atom. The summed E-state index contributed by atoms with van der Waals surface area (Å²) in [5.41, 5.74) is 0.724. The number of hydrogen-bond donors (Lipinski definition) is 2. The van der Waals surface area contributed by atoms with Crippen LogP contribution in [0.3, 0.4) is 0 Å². The van der Waals surface area contributed by atoms with Crippen LogP contribution >= 0.6 is 15.9 Å². The van der Waals surface area contributed by atoms with Gasteiger partial charge in [0.25, 0.3) is 0 Å². The number of carbonyl (C=O) groups is 1. The van der Waals surface area contributed by atoms with E-state index in [1.165, 1.54) is 0 Å². The molecule has 1 aliphatic rings. The second kappa shape index (κ2) is 7.77. The molecule has 1 aliphatic heterocycles. The molecular weight excluding hydrogens is 336 g/mol. The minimum absolute atomic E-state index is 0.0356. The third-order valence-electron chi connectivity index (χ3n) is 2.96. The first-order valence-electron chi connectivity index (χ1n) is 7.11. The van der Waals surface area contributed by atoms with Crippen LogP contribution in [-0.4, -0.2) is 37.8 Å². The van der Waals surface area contributed by atoms with E-state index in [1.54, 1.807) is 0 Å². The SMILES string of the molecule is CC(C)Oc1cc(Br)cc(NC(=O)CC2COCCN2)c1. The summed E-state index contributed by atoms with van der Waals surface area (Å²) in [4.78, 5) is 12.1. The number of benzene rings is 1. The summed E-state index contributed by atoms with van der Waals surface area (Å²) >= 11 is 3.43. The molecule has 1 heterocycles. The first kappa shape index (κ1) is 16.3. The van der Waals surface area contributed by atoms with Gasteiger partial charge in [-0.1, -0.05) is 15.9 Å². The van der Waals surface area contributed by atoms with Gasteiger partial charge in [-0.05, 0) is 26.0 Å². The van der Waals surface area contributed by atoms with E-state index in [0.29, 0.717) is 19.6 Å². The number of anilines is 1. The lowest BCUT2D eigenvalue weighted by Gasteiger charge is -2.23. The lowest BCUT2D eigenvalue weighted by atomic mass is 10.2. The Morgan fingerprint density at radius 2 is 2.33 bits per heavy atom. The number of ether oxygens (including phenoxy) is 2. The topological polar surface area (TPSA) is 59.6 Å². The first-order chi connectivity index (χ1) is 10.0. The van der Waals surface area contributed by atoms with Gasteiger partial charge in [0.1, 0.15) is 5.75 Å². The van der Waals surface area contributed by atoms with Crippen molar-refractivity contribution in [2.24, 2.45) is 0 Å². The number of rotatable bonds is 5. The molecule has 0 radical (unpaired) electrons. The summed E-state index contributed by atoms with van der Waals surface area (Å²) in [6.07, 6.45) is 0.485. The smallest absolute Gasteiger partial charge is 0.226 e. The van der Waals surface area contributed by atoms with Crippen molar-refractivity contribution in [3.05, 3.63) is 22.7 Å². The van der Waals surface area contributed by atoms with Crippen LogP contribution in [0.4, 0.5) is 5.69 Å². The summed E-state index contributed by atoms with van der Waals surface area (Å²) in [6.45, 7) is 6.01. The number of hydrogen-bond acceptors (Lipinski definition) is 4. The molecule has 1 fully saturated rings. The van der Waals surface area contributed by atoms with Crippen LogP contribution in [0.1, 0.15) is 20.3 Å². The average Bonchev–Trinajstić information content (AvgIpc) is 2.37. The van der Waals surface area contributed by atoms with Gasteiger partial charge < -0.3 is 20.1 Å². The van der Waals surface area contributed by atoms with Crippen molar-refractivity contribution in [1.29, 1.82) is 0 Å². The van der Waals surface area contributed by atoms with Gasteiger partial charge in [-0.25, -0.2) is 0 Å². The molecule has 0 bridgehead atoms. The average molecular weight is 357 g/mol. The fraction of sp³-hybridized carbons (Fsp3) is 0.533. The minimum atomic E-state index is -0.0356. The zero-order valence-corrected chi connectivity index (χ0v) is 13.9. The fourth-order valence-electron chi connectivity index (χ4n) is 2.16. The third-order valence-corrected chi connectivity index (χ3v) is 3.41. The maximum absolute atomic E-state index is 12.1. The van der Waals surface area contributed by atoms with Crippen molar-refractivity contribution in [1.82, 2.24) is 5.32 Å². The molecule has 1 amide bonds. The molecular formula is C15H21BrN2O3. The van der Waals surface area contributed by atoms with Crippen LogP contribution in [0.2, 0.25) is 0 Å². The molecule has 0 spiro atoms. The first-order valence-corrected chi connectivity index (χ1v) is 7.90. The van der Waals surface area contributed by atoms with Crippen LogP contribution in [0.5, 0.6) is 5.75 Å². The lowest BCUT2D eigenvalue weighted by Crippen LogP contribution is -2.43. The van der Waals surface area contributed by atoms with Gasteiger partial charge in [-0.2, -0.15) is 0 Å². The van der Waals surface area contributed by atoms with Crippen LogP contribution in [0.25, 0.3) is 0 Å². The highest BCUT2D eigenvalue weighted by molar-refractivity contribution is 9.10. The Balaban J connectivity index is 1.94. The fourth-order valence-corrected chi connectivity index (χ4v) is 2.63. The van der Waals surface area contributed by atoms with Gasteiger partial charge in [0.2, 0.25) is 5.91 Å². The second-order valence-electron chi connectivity index (χ2n) is 5.32. The predicted octanol–water partition coefficient (Wildman–Crippen LogP) is 2.55. The molecule has 0 saturated carbocycles. The highest BCUT2D eigenvalue weighted by atomic mass is 79.9. The molecule has 116 valence electrons. The Kier molecular flexibility index (Phi) is 6.02. The summed E-state index contributed by atoms with van der Waals surface area (Å²) in [7, 11) is 0. The van der Waals surface area contributed by atoms with Gasteiger partial charge in [0, 0.05) is 35.2 Å². The van der Waals surface area contributed by atoms with E-state index < -0.39 is 0 Å². The van der Waals surface area contributed by atoms with Crippen LogP contribution < -0.4 is 15.4 Å². The highest BCUT2D eigenvalue weighted by Gasteiger charge is 2.17. The number of halogens is 1. The predicted molar refractivity (Wildman–Crippen MR) is 85.8 cm³/mol. The van der Waals surface area contributed by atoms with Gasteiger partial charge in [-0.15, -0.1) is 0 Å². The summed E-state index contributed by atoms with van der Waals surface area (Å²) in [6, 6.07) is 5.65. The second-order valence-corrected chi connectivity index (χ2v) is 6.24. The van der Waals surface area contributed by atoms with Gasteiger partial charge >= 0.3 is 0 Å². The van der Waals surface area contributed by atoms with Crippen LogP contribution in [0.15, 0.2) is 22.7 Å². The standard InChI is InChI=1S/C15H21BrN2O3/c1-10(2)21-14-6-11(16)5-12(7-14)18-15(19)8-13-9-20-4-3-17-13/h5-7,10,13,17H,3-4,8-9H2,1-2H3,(H,18,19). The molecule has 1 aromatic carbocycles. The molecule has 0 aliphatic carbocycles. The van der Waals surface area contributed by atoms with Crippen LogP contribution in [0, 0.1) is 0 Å². The van der Waals surface area contributed by atoms with E-state index in [4.69, 9.17) is 9.47 Å². The monoisotopic (exact) mass is 356 g/mol. The molecule has 2 N–H and O–H groups in total. The number of morpholine rings is 1. The molecule has 1 unspecified atom stereocenters. The Bertz CT molecular complexity index is 488. The maximum atomic E-state index is 12.1. The summed E-state index contributed by atoms with van der Waals surface area (Å²) in [5.74, 6) is 0.695. The van der Waals surface area contributed by atoms with Crippen molar-refractivity contribution < 1.29 is 14.3 Å². The molecule has 5 nitrogen and oxygen atoms in total. The number of amides is 1. The Morgan fingerprint density at radius 1 is 1.52 bits per heavy atom. The van der Waals surface area contributed by atoms with Gasteiger partial charge in [0.05, 0.1) is 19.3 Å². The molecule has 1 saturated heterocycles. The number of carbonyl (C=O) groups excluding carboxylic acids is 1. The molecule has 6 heteroatoms. The highest BCUT2D eigenvalue weighted by Crippen LogP contribution is 2.25. The van der Waals surface area contributed by atoms with Gasteiger partial charge in [-0.3, -0.25) is 4.79 Å². The normalized spacial score (nSPS) is 18.6. The lowest BCUT2D eigenvalue weighted by molar-refractivity contribution is -0.117. The van der Waals surface area contributed by atoms with Crippen LogP contribution in [-0.2, 0) is 9.53 Å². The zero-order valence-electron chi connectivity index (χ0n) is 12.3. The van der Waals surface area contributed by atoms with E-state index in [0.717, 1.165) is 22.5 Å². The molecule has 21 heavy (non-hydrogen) atoms. The Hall–Kier alpha value is -1.11. The molecule has 1 aromatic rings. The maximum Gasteiger partial charge on any atom is 0.226 e. The minimum Gasteiger partial charge on any atom is -0.491 e. The van der Waals surface area contributed by atoms with E-state index >= 15 is 0 Å². The quantitative estimate of drug-likeness (QED) is 0.850. The molecule has 0 aromatic heterocycles. The van der Waals surface area contributed by atoms with Crippen molar-refractivity contribution in [2.45, 2.75) is 32.4 Å². The van der Waals surface area contributed by atoms with Crippen molar-refractivity contribution in [3.63, 3.8) is 0 Å². The third kappa shape index (κ3) is 5.65.